The number of ether oxygens (including phenoxy) is 1. The third kappa shape index (κ3) is 7.08. The van der Waals surface area contributed by atoms with Gasteiger partial charge in [-0.25, -0.2) is 15.1 Å². The molecule has 1 fully saturated rings. The summed E-state index contributed by atoms with van der Waals surface area (Å²) in [5, 5.41) is 5.22. The van der Waals surface area contributed by atoms with Crippen molar-refractivity contribution in [1.29, 1.82) is 0 Å². The standard InChI is InChI=1S/C21H25F6N7O3/c1-13(32(2)15-11-30-31-18(36)17(15)21(25,26)27)12-37-8-3-16(35)33-4-6-34(7-5-33)19-28-9-14(10-29-19)20(22,23)24/h9-11,13H,3-8,12H2,1-2H3,(H,31,36)/t13-/m0/s1. The summed E-state index contributed by atoms with van der Waals surface area (Å²) >= 11 is 0. The fourth-order valence-corrected chi connectivity index (χ4v) is 3.64. The van der Waals surface area contributed by atoms with Gasteiger partial charge >= 0.3 is 12.4 Å². The molecule has 0 aliphatic carbocycles. The van der Waals surface area contributed by atoms with Crippen molar-refractivity contribution in [2.75, 3.05) is 56.2 Å². The zero-order valence-corrected chi connectivity index (χ0v) is 19.9. The number of likely N-dealkylation sites (N-methyl/N-ethyl adjacent to an activating group) is 1. The average molecular weight is 537 g/mol. The van der Waals surface area contributed by atoms with Crippen LogP contribution in [0.3, 0.4) is 0 Å². The Morgan fingerprint density at radius 2 is 1.70 bits per heavy atom. The highest BCUT2D eigenvalue weighted by atomic mass is 19.4. The van der Waals surface area contributed by atoms with Crippen molar-refractivity contribution < 1.29 is 35.9 Å². The van der Waals surface area contributed by atoms with Crippen LogP contribution in [0.15, 0.2) is 23.4 Å². The Morgan fingerprint density at radius 3 is 2.27 bits per heavy atom. The van der Waals surface area contributed by atoms with Gasteiger partial charge in [0.25, 0.3) is 5.56 Å². The number of H-pyrrole nitrogens is 1. The smallest absolute Gasteiger partial charge is 0.379 e. The van der Waals surface area contributed by atoms with Gasteiger partial charge in [-0.2, -0.15) is 31.4 Å². The largest absolute Gasteiger partial charge is 0.423 e. The number of nitrogens with zero attached hydrogens (tertiary/aromatic N) is 6. The number of alkyl halides is 6. The van der Waals surface area contributed by atoms with Crippen LogP contribution < -0.4 is 15.4 Å². The maximum Gasteiger partial charge on any atom is 0.423 e. The Kier molecular flexibility index (Phi) is 8.60. The molecule has 10 nitrogen and oxygen atoms in total. The van der Waals surface area contributed by atoms with E-state index in [1.54, 1.807) is 21.8 Å². The number of aromatic nitrogens is 4. The van der Waals surface area contributed by atoms with Crippen LogP contribution in [0.2, 0.25) is 0 Å². The van der Waals surface area contributed by atoms with E-state index in [4.69, 9.17) is 4.74 Å². The molecule has 2 aromatic rings. The number of carbonyl (C=O) groups is 1. The number of nitrogens with one attached hydrogen (secondary N) is 1. The van der Waals surface area contributed by atoms with E-state index in [1.165, 1.54) is 11.9 Å². The van der Waals surface area contributed by atoms with Gasteiger partial charge in [-0.15, -0.1) is 0 Å². The molecule has 1 N–H and O–H groups in total. The highest BCUT2D eigenvalue weighted by Crippen LogP contribution is 2.33. The summed E-state index contributed by atoms with van der Waals surface area (Å²) in [6.45, 7) is 2.94. The summed E-state index contributed by atoms with van der Waals surface area (Å²) in [5.41, 5.74) is -4.04. The van der Waals surface area contributed by atoms with Crippen LogP contribution >= 0.6 is 0 Å². The van der Waals surface area contributed by atoms with Crippen molar-refractivity contribution in [2.24, 2.45) is 0 Å². The maximum absolute atomic E-state index is 13.3. The minimum Gasteiger partial charge on any atom is -0.379 e. The van der Waals surface area contributed by atoms with Gasteiger partial charge in [0.2, 0.25) is 11.9 Å². The molecule has 204 valence electrons. The molecule has 1 saturated heterocycles. The number of amides is 1. The van der Waals surface area contributed by atoms with E-state index in [0.29, 0.717) is 38.6 Å². The molecule has 0 aromatic carbocycles. The first kappa shape index (κ1) is 28.1. The molecule has 3 rings (SSSR count). The predicted molar refractivity (Wildman–Crippen MR) is 119 cm³/mol. The summed E-state index contributed by atoms with van der Waals surface area (Å²) < 4.78 is 83.3. The predicted octanol–water partition coefficient (Wildman–Crippen LogP) is 2.18. The summed E-state index contributed by atoms with van der Waals surface area (Å²) in [7, 11) is 1.38. The normalized spacial score (nSPS) is 15.6. The lowest BCUT2D eigenvalue weighted by atomic mass is 10.2. The van der Waals surface area contributed by atoms with Crippen LogP contribution in [-0.2, 0) is 21.9 Å². The van der Waals surface area contributed by atoms with Crippen LogP contribution in [0.5, 0.6) is 0 Å². The van der Waals surface area contributed by atoms with E-state index >= 15 is 0 Å². The van der Waals surface area contributed by atoms with Crippen LogP contribution in [0.25, 0.3) is 0 Å². The molecule has 0 spiro atoms. The van der Waals surface area contributed by atoms with Gasteiger partial charge in [-0.3, -0.25) is 9.59 Å². The van der Waals surface area contributed by atoms with Crippen LogP contribution in [0.4, 0.5) is 38.0 Å². The maximum atomic E-state index is 13.3. The summed E-state index contributed by atoms with van der Waals surface area (Å²) in [5.74, 6) is -0.0574. The van der Waals surface area contributed by atoms with Gasteiger partial charge in [0.1, 0.15) is 5.56 Å². The highest BCUT2D eigenvalue weighted by molar-refractivity contribution is 5.76. The van der Waals surface area contributed by atoms with Gasteiger partial charge < -0.3 is 19.4 Å². The Bertz CT molecular complexity index is 1120. The molecular weight excluding hydrogens is 512 g/mol. The van der Waals surface area contributed by atoms with Crippen molar-refractivity contribution in [3.8, 4) is 0 Å². The van der Waals surface area contributed by atoms with E-state index in [0.717, 1.165) is 6.20 Å². The number of carbonyl (C=O) groups excluding carboxylic acids is 1. The lowest BCUT2D eigenvalue weighted by Gasteiger charge is -2.34. The molecule has 16 heteroatoms. The third-order valence-corrected chi connectivity index (χ3v) is 5.86. The lowest BCUT2D eigenvalue weighted by molar-refractivity contribution is -0.139. The van der Waals surface area contributed by atoms with Gasteiger partial charge in [0.15, 0.2) is 0 Å². The number of hydrogen-bond acceptors (Lipinski definition) is 8. The summed E-state index contributed by atoms with van der Waals surface area (Å²) in [6.07, 6.45) is -7.01. The second kappa shape index (κ2) is 11.3. The van der Waals surface area contributed by atoms with Crippen molar-refractivity contribution in [2.45, 2.75) is 31.7 Å². The first-order valence-corrected chi connectivity index (χ1v) is 11.2. The lowest BCUT2D eigenvalue weighted by Crippen LogP contribution is -2.49. The van der Waals surface area contributed by atoms with Crippen molar-refractivity contribution in [1.82, 2.24) is 25.1 Å². The number of hydrogen-bond donors (Lipinski definition) is 1. The highest BCUT2D eigenvalue weighted by Gasteiger charge is 2.39. The van der Waals surface area contributed by atoms with E-state index in [9.17, 15) is 35.9 Å². The molecule has 3 heterocycles. The van der Waals surface area contributed by atoms with Crippen molar-refractivity contribution in [3.05, 3.63) is 40.1 Å². The van der Waals surface area contributed by atoms with Crippen LogP contribution in [0, 0.1) is 0 Å². The number of halogens is 6. The van der Waals surface area contributed by atoms with Gasteiger partial charge in [0.05, 0.1) is 37.1 Å². The van der Waals surface area contributed by atoms with E-state index in [-0.39, 0.29) is 31.5 Å². The Morgan fingerprint density at radius 1 is 1.08 bits per heavy atom. The SMILES string of the molecule is C[C@@H](COCCC(=O)N1CCN(c2ncc(C(F)(F)F)cn2)CC1)N(C)c1cn[nH]c(=O)c1C(F)(F)F. The van der Waals surface area contributed by atoms with E-state index < -0.39 is 40.8 Å². The molecule has 0 unspecified atom stereocenters. The molecule has 37 heavy (non-hydrogen) atoms. The molecule has 1 amide bonds. The molecule has 0 radical (unpaired) electrons. The average Bonchev–Trinajstić information content (AvgIpc) is 2.84. The Hall–Kier alpha value is -3.43. The molecular formula is C21H25F6N7O3. The minimum absolute atomic E-state index is 0.00703. The fraction of sp³-hybridized carbons (Fsp3) is 0.571. The number of aromatic amines is 1. The van der Waals surface area contributed by atoms with Gasteiger partial charge in [-0.05, 0) is 6.92 Å². The molecule has 1 atom stereocenters. The topological polar surface area (TPSA) is 108 Å². The van der Waals surface area contributed by atoms with E-state index in [1.807, 2.05) is 0 Å². The molecule has 0 bridgehead atoms. The first-order chi connectivity index (χ1) is 17.3. The van der Waals surface area contributed by atoms with Crippen molar-refractivity contribution >= 4 is 17.5 Å². The second-order valence-corrected chi connectivity index (χ2v) is 8.38. The van der Waals surface area contributed by atoms with Crippen molar-refractivity contribution in [3.63, 3.8) is 0 Å². The number of piperazine rings is 1. The third-order valence-electron chi connectivity index (χ3n) is 5.86. The fourth-order valence-electron chi connectivity index (χ4n) is 3.64. The first-order valence-electron chi connectivity index (χ1n) is 11.2. The Labute approximate surface area is 207 Å². The van der Waals surface area contributed by atoms with Gasteiger partial charge in [0, 0.05) is 51.7 Å². The van der Waals surface area contributed by atoms with E-state index in [2.05, 4.69) is 15.1 Å². The number of rotatable bonds is 8. The summed E-state index contributed by atoms with van der Waals surface area (Å²) in [6, 6.07) is -0.563. The molecule has 2 aromatic heterocycles. The zero-order chi connectivity index (χ0) is 27.4. The molecule has 1 aliphatic rings. The minimum atomic E-state index is -4.87. The molecule has 0 saturated carbocycles. The second-order valence-electron chi connectivity index (χ2n) is 8.38. The monoisotopic (exact) mass is 537 g/mol. The zero-order valence-electron chi connectivity index (χ0n) is 19.9. The van der Waals surface area contributed by atoms with Crippen LogP contribution in [-0.4, -0.2) is 83.5 Å². The Balaban J connectivity index is 1.43. The van der Waals surface area contributed by atoms with Gasteiger partial charge in [-0.1, -0.05) is 0 Å². The van der Waals surface area contributed by atoms with Crippen LogP contribution in [0.1, 0.15) is 24.5 Å². The summed E-state index contributed by atoms with van der Waals surface area (Å²) in [4.78, 5) is 36.1. The quantitative estimate of drug-likeness (QED) is 0.404. The molecule has 1 aliphatic heterocycles. The number of anilines is 2.